The van der Waals surface area contributed by atoms with Gasteiger partial charge in [0.1, 0.15) is 0 Å². The van der Waals surface area contributed by atoms with E-state index in [1.54, 1.807) is 0 Å². The summed E-state index contributed by atoms with van der Waals surface area (Å²) in [7, 11) is 0. The lowest BCUT2D eigenvalue weighted by atomic mass is 9.94. The number of hydrogen-bond donors (Lipinski definition) is 0. The molecule has 0 radical (unpaired) electrons. The normalized spacial score (nSPS) is 24.4. The van der Waals surface area contributed by atoms with Crippen molar-refractivity contribution in [3.63, 3.8) is 0 Å². The third-order valence-electron chi connectivity index (χ3n) is 2.85. The molecule has 0 spiro atoms. The Kier molecular flexibility index (Phi) is 2.72. The second kappa shape index (κ2) is 3.85. The van der Waals surface area contributed by atoms with Gasteiger partial charge >= 0.3 is 0 Å². The van der Waals surface area contributed by atoms with Gasteiger partial charge in [-0.3, -0.25) is 14.5 Å². The van der Waals surface area contributed by atoms with Crippen molar-refractivity contribution in [2.45, 2.75) is 38.1 Å². The molecule has 76 valence electrons. The van der Waals surface area contributed by atoms with E-state index in [0.717, 1.165) is 25.7 Å². The first-order valence-corrected chi connectivity index (χ1v) is 5.74. The zero-order valence-corrected chi connectivity index (χ0v) is 9.42. The molecule has 2 rings (SSSR count). The summed E-state index contributed by atoms with van der Waals surface area (Å²) in [5.41, 5.74) is 0. The lowest BCUT2D eigenvalue weighted by molar-refractivity contribution is -0.140. The van der Waals surface area contributed by atoms with Crippen LogP contribution in [-0.2, 0) is 9.59 Å². The molecule has 0 bridgehead atoms. The molecule has 0 saturated heterocycles. The number of hydrogen-bond acceptors (Lipinski definition) is 2. The van der Waals surface area contributed by atoms with E-state index in [1.807, 2.05) is 0 Å². The van der Waals surface area contributed by atoms with Crippen molar-refractivity contribution < 1.29 is 9.59 Å². The second-order valence-electron chi connectivity index (χ2n) is 3.80. The van der Waals surface area contributed by atoms with Gasteiger partial charge in [-0.05, 0) is 28.8 Å². The number of amides is 2. The number of rotatable bonds is 1. The fourth-order valence-corrected chi connectivity index (χ4v) is 2.53. The van der Waals surface area contributed by atoms with Crippen LogP contribution in [0, 0.1) is 0 Å². The molecule has 14 heavy (non-hydrogen) atoms. The minimum Gasteiger partial charge on any atom is -0.271 e. The Morgan fingerprint density at radius 3 is 2.36 bits per heavy atom. The van der Waals surface area contributed by atoms with Crippen molar-refractivity contribution in [2.24, 2.45) is 0 Å². The van der Waals surface area contributed by atoms with Crippen LogP contribution in [0.15, 0.2) is 10.6 Å². The first kappa shape index (κ1) is 9.90. The Morgan fingerprint density at radius 1 is 1.21 bits per heavy atom. The van der Waals surface area contributed by atoms with Gasteiger partial charge in [0.15, 0.2) is 0 Å². The zero-order valence-electron chi connectivity index (χ0n) is 7.83. The third kappa shape index (κ3) is 1.63. The van der Waals surface area contributed by atoms with Gasteiger partial charge in [-0.15, -0.1) is 0 Å². The number of carbonyl (C=O) groups is 2. The summed E-state index contributed by atoms with van der Waals surface area (Å²) in [5, 5.41) is 0. The zero-order chi connectivity index (χ0) is 10.1. The van der Waals surface area contributed by atoms with Crippen LogP contribution in [0.5, 0.6) is 0 Å². The third-order valence-corrected chi connectivity index (χ3v) is 3.42. The summed E-state index contributed by atoms with van der Waals surface area (Å²) in [6.07, 6.45) is 6.77. The van der Waals surface area contributed by atoms with Gasteiger partial charge in [-0.2, -0.15) is 0 Å². The average molecular weight is 258 g/mol. The minimum atomic E-state index is -0.165. The van der Waals surface area contributed by atoms with Crippen molar-refractivity contribution in [3.05, 3.63) is 10.6 Å². The molecule has 0 aromatic carbocycles. The molecule has 2 amide bonds. The molecule has 2 aliphatic rings. The Bertz CT molecular complexity index is 305. The fraction of sp³-hybridized carbons (Fsp3) is 0.600. The van der Waals surface area contributed by atoms with E-state index >= 15 is 0 Å². The van der Waals surface area contributed by atoms with Crippen LogP contribution in [-0.4, -0.2) is 22.8 Å². The number of carbonyl (C=O) groups excluding carboxylic acids is 2. The first-order valence-electron chi connectivity index (χ1n) is 4.95. The number of nitrogens with zero attached hydrogens (tertiary/aromatic N) is 1. The highest BCUT2D eigenvalue weighted by Gasteiger charge is 2.35. The molecule has 0 aromatic heterocycles. The SMILES string of the molecule is O=C1C=C(Br)C(=O)N1C1CCCCC1. The Hall–Kier alpha value is -0.640. The molecule has 4 heteroatoms. The fourth-order valence-electron chi connectivity index (χ4n) is 2.14. The molecular formula is C10H12BrNO2. The van der Waals surface area contributed by atoms with Gasteiger partial charge in [0.2, 0.25) is 0 Å². The van der Waals surface area contributed by atoms with Gasteiger partial charge in [-0.1, -0.05) is 19.3 Å². The van der Waals surface area contributed by atoms with Crippen molar-refractivity contribution in [1.82, 2.24) is 4.90 Å². The van der Waals surface area contributed by atoms with Crippen molar-refractivity contribution in [3.8, 4) is 0 Å². The Balaban J connectivity index is 2.11. The molecule has 1 saturated carbocycles. The average Bonchev–Trinajstić information content (AvgIpc) is 2.43. The summed E-state index contributed by atoms with van der Waals surface area (Å²) in [4.78, 5) is 24.5. The van der Waals surface area contributed by atoms with Gasteiger partial charge in [0.05, 0.1) is 4.48 Å². The van der Waals surface area contributed by atoms with Crippen molar-refractivity contribution in [2.75, 3.05) is 0 Å². The van der Waals surface area contributed by atoms with Crippen LogP contribution in [0.3, 0.4) is 0 Å². The monoisotopic (exact) mass is 257 g/mol. The van der Waals surface area contributed by atoms with Gasteiger partial charge < -0.3 is 0 Å². The molecule has 1 aliphatic carbocycles. The minimum absolute atomic E-state index is 0.134. The van der Waals surface area contributed by atoms with Gasteiger partial charge in [-0.25, -0.2) is 0 Å². The van der Waals surface area contributed by atoms with E-state index in [2.05, 4.69) is 15.9 Å². The molecular weight excluding hydrogens is 246 g/mol. The van der Waals surface area contributed by atoms with Crippen LogP contribution < -0.4 is 0 Å². The quantitative estimate of drug-likeness (QED) is 0.674. The molecule has 1 aliphatic heterocycles. The van der Waals surface area contributed by atoms with E-state index in [4.69, 9.17) is 0 Å². The van der Waals surface area contributed by atoms with E-state index in [-0.39, 0.29) is 17.9 Å². The van der Waals surface area contributed by atoms with Crippen LogP contribution >= 0.6 is 15.9 Å². The maximum Gasteiger partial charge on any atom is 0.268 e. The molecule has 3 nitrogen and oxygen atoms in total. The van der Waals surface area contributed by atoms with E-state index in [9.17, 15) is 9.59 Å². The topological polar surface area (TPSA) is 37.4 Å². The number of imide groups is 1. The summed E-state index contributed by atoms with van der Waals surface area (Å²) in [6.45, 7) is 0. The molecule has 1 fully saturated rings. The number of halogens is 1. The molecule has 1 heterocycles. The van der Waals surface area contributed by atoms with Gasteiger partial charge in [0.25, 0.3) is 11.8 Å². The van der Waals surface area contributed by atoms with Crippen molar-refractivity contribution >= 4 is 27.7 Å². The molecule has 0 unspecified atom stereocenters. The summed E-state index contributed by atoms with van der Waals surface area (Å²) in [6, 6.07) is 0.134. The highest BCUT2D eigenvalue weighted by molar-refractivity contribution is 9.12. The Morgan fingerprint density at radius 2 is 1.86 bits per heavy atom. The smallest absolute Gasteiger partial charge is 0.268 e. The van der Waals surface area contributed by atoms with Crippen LogP contribution in [0.1, 0.15) is 32.1 Å². The maximum absolute atomic E-state index is 11.6. The summed E-state index contributed by atoms with van der Waals surface area (Å²) >= 11 is 3.10. The highest BCUT2D eigenvalue weighted by Crippen LogP contribution is 2.28. The molecule has 0 atom stereocenters. The molecule has 0 aromatic rings. The predicted octanol–water partition coefficient (Wildman–Crippen LogP) is 1.97. The van der Waals surface area contributed by atoms with Crippen molar-refractivity contribution in [1.29, 1.82) is 0 Å². The van der Waals surface area contributed by atoms with E-state index in [1.165, 1.54) is 17.4 Å². The van der Waals surface area contributed by atoms with E-state index < -0.39 is 0 Å². The largest absolute Gasteiger partial charge is 0.271 e. The Labute approximate surface area is 91.3 Å². The van der Waals surface area contributed by atoms with Crippen LogP contribution in [0.2, 0.25) is 0 Å². The molecule has 0 N–H and O–H groups in total. The first-order chi connectivity index (χ1) is 6.70. The van der Waals surface area contributed by atoms with Gasteiger partial charge in [0, 0.05) is 12.1 Å². The van der Waals surface area contributed by atoms with Crippen LogP contribution in [0.25, 0.3) is 0 Å². The lowest BCUT2D eigenvalue weighted by Gasteiger charge is -2.29. The second-order valence-corrected chi connectivity index (χ2v) is 4.65. The van der Waals surface area contributed by atoms with E-state index in [0.29, 0.717) is 4.48 Å². The highest BCUT2D eigenvalue weighted by atomic mass is 79.9. The standard InChI is InChI=1S/C10H12BrNO2/c11-8-6-9(13)12(10(8)14)7-4-2-1-3-5-7/h6-7H,1-5H2. The predicted molar refractivity (Wildman–Crippen MR) is 55.7 cm³/mol. The lowest BCUT2D eigenvalue weighted by Crippen LogP contribution is -2.41. The summed E-state index contributed by atoms with van der Waals surface area (Å²) in [5.74, 6) is -0.323. The summed E-state index contributed by atoms with van der Waals surface area (Å²) < 4.78 is 0.396. The van der Waals surface area contributed by atoms with Crippen LogP contribution in [0.4, 0.5) is 0 Å². The maximum atomic E-state index is 11.6.